The van der Waals surface area contributed by atoms with E-state index >= 15 is 0 Å². The largest absolute Gasteiger partial charge is 0.505 e. The maximum atomic E-state index is 13.3. The molecule has 0 amide bonds. The van der Waals surface area contributed by atoms with Crippen LogP contribution in [0.2, 0.25) is 0 Å². The van der Waals surface area contributed by atoms with E-state index < -0.39 is 5.82 Å². The number of aryl methyl sites for hydroxylation is 1. The highest BCUT2D eigenvalue weighted by Gasteiger charge is 2.03. The summed E-state index contributed by atoms with van der Waals surface area (Å²) in [6.45, 7) is 3.13. The molecule has 2 aromatic carbocycles. The Morgan fingerprint density at radius 2 is 1.61 bits per heavy atom. The minimum absolute atomic E-state index is 0. The number of halogens is 2. The molecule has 0 saturated heterocycles. The smallest absolute Gasteiger partial charge is 0.191 e. The first kappa shape index (κ1) is 19.2. The molecule has 0 fully saturated rings. The fraction of sp³-hybridized carbons (Fsp3) is 0.235. The van der Waals surface area contributed by atoms with Crippen molar-refractivity contribution in [3.8, 4) is 5.75 Å². The predicted octanol–water partition coefficient (Wildman–Crippen LogP) is 3.32. The van der Waals surface area contributed by atoms with Crippen LogP contribution in [0.3, 0.4) is 0 Å². The number of nitrogens with zero attached hydrogens (tertiary/aromatic N) is 1. The van der Waals surface area contributed by atoms with Crippen LogP contribution >= 0.6 is 24.0 Å². The second-order valence-electron chi connectivity index (χ2n) is 5.05. The van der Waals surface area contributed by atoms with E-state index in [0.29, 0.717) is 19.0 Å². The van der Waals surface area contributed by atoms with Crippen molar-refractivity contribution in [1.82, 2.24) is 10.6 Å². The Hall–Kier alpha value is -1.83. The molecule has 4 nitrogen and oxygen atoms in total. The maximum Gasteiger partial charge on any atom is 0.191 e. The minimum Gasteiger partial charge on any atom is -0.505 e. The molecule has 0 spiro atoms. The van der Waals surface area contributed by atoms with Crippen molar-refractivity contribution in [2.45, 2.75) is 20.0 Å². The third kappa shape index (κ3) is 6.05. The van der Waals surface area contributed by atoms with Gasteiger partial charge in [-0.1, -0.05) is 35.9 Å². The average Bonchev–Trinajstić information content (AvgIpc) is 2.52. The molecule has 0 unspecified atom stereocenters. The molecule has 0 heterocycles. The van der Waals surface area contributed by atoms with Crippen molar-refractivity contribution in [2.24, 2.45) is 4.99 Å². The lowest BCUT2D eigenvalue weighted by Crippen LogP contribution is -2.36. The molecule has 23 heavy (non-hydrogen) atoms. The number of guanidine groups is 1. The Balaban J connectivity index is 0.00000264. The van der Waals surface area contributed by atoms with E-state index in [-0.39, 0.29) is 29.7 Å². The topological polar surface area (TPSA) is 56.7 Å². The highest BCUT2D eigenvalue weighted by Crippen LogP contribution is 2.15. The number of nitrogens with one attached hydrogen (secondary N) is 2. The van der Waals surface area contributed by atoms with Gasteiger partial charge in [0.05, 0.1) is 0 Å². The van der Waals surface area contributed by atoms with E-state index in [9.17, 15) is 4.39 Å². The van der Waals surface area contributed by atoms with Crippen molar-refractivity contribution in [2.75, 3.05) is 7.05 Å². The predicted molar refractivity (Wildman–Crippen MR) is 102 cm³/mol. The Labute approximate surface area is 152 Å². The van der Waals surface area contributed by atoms with Crippen LogP contribution in [-0.2, 0) is 13.1 Å². The lowest BCUT2D eigenvalue weighted by atomic mass is 10.1. The molecule has 0 saturated carbocycles. The summed E-state index contributed by atoms with van der Waals surface area (Å²) < 4.78 is 13.3. The average molecular weight is 429 g/mol. The number of phenols is 1. The third-order valence-electron chi connectivity index (χ3n) is 3.28. The van der Waals surface area contributed by atoms with Crippen molar-refractivity contribution in [3.05, 3.63) is 65.0 Å². The van der Waals surface area contributed by atoms with Gasteiger partial charge >= 0.3 is 0 Å². The molecule has 0 aliphatic heterocycles. The van der Waals surface area contributed by atoms with Gasteiger partial charge in [0.25, 0.3) is 0 Å². The molecule has 0 aliphatic rings. The Morgan fingerprint density at radius 1 is 1.04 bits per heavy atom. The number of phenolic OH excluding ortho intramolecular Hbond substituents is 1. The first-order valence-electron chi connectivity index (χ1n) is 7.06. The summed E-state index contributed by atoms with van der Waals surface area (Å²) in [6, 6.07) is 12.6. The zero-order valence-electron chi connectivity index (χ0n) is 13.1. The summed E-state index contributed by atoms with van der Waals surface area (Å²) in [7, 11) is 1.68. The van der Waals surface area contributed by atoms with E-state index in [1.165, 1.54) is 17.7 Å². The van der Waals surface area contributed by atoms with E-state index in [1.807, 2.05) is 0 Å². The van der Waals surface area contributed by atoms with Gasteiger partial charge in [0.15, 0.2) is 17.5 Å². The Kier molecular flexibility index (Phi) is 7.80. The van der Waals surface area contributed by atoms with E-state index in [0.717, 1.165) is 11.1 Å². The lowest BCUT2D eigenvalue weighted by Gasteiger charge is -2.12. The second-order valence-corrected chi connectivity index (χ2v) is 5.05. The second kappa shape index (κ2) is 9.34. The summed E-state index contributed by atoms with van der Waals surface area (Å²) >= 11 is 0. The molecule has 6 heteroatoms. The molecule has 2 rings (SSSR count). The van der Waals surface area contributed by atoms with Crippen LogP contribution in [0.5, 0.6) is 5.75 Å². The zero-order valence-corrected chi connectivity index (χ0v) is 15.5. The van der Waals surface area contributed by atoms with Gasteiger partial charge in [0.2, 0.25) is 0 Å². The molecular formula is C17H21FIN3O. The van der Waals surface area contributed by atoms with Crippen molar-refractivity contribution >= 4 is 29.9 Å². The monoisotopic (exact) mass is 429 g/mol. The highest BCUT2D eigenvalue weighted by molar-refractivity contribution is 14.0. The van der Waals surface area contributed by atoms with Crippen LogP contribution in [0.25, 0.3) is 0 Å². The van der Waals surface area contributed by atoms with E-state index in [2.05, 4.69) is 46.8 Å². The fourth-order valence-electron chi connectivity index (χ4n) is 1.96. The molecule has 0 bridgehead atoms. The van der Waals surface area contributed by atoms with Crippen molar-refractivity contribution in [3.63, 3.8) is 0 Å². The summed E-state index contributed by atoms with van der Waals surface area (Å²) in [5.41, 5.74) is 3.11. The minimum atomic E-state index is -0.623. The molecule has 0 aromatic heterocycles. The van der Waals surface area contributed by atoms with Crippen LogP contribution in [0, 0.1) is 12.7 Å². The number of rotatable bonds is 4. The van der Waals surface area contributed by atoms with E-state index in [1.54, 1.807) is 13.1 Å². The van der Waals surface area contributed by atoms with E-state index in [4.69, 9.17) is 5.11 Å². The van der Waals surface area contributed by atoms with Gasteiger partial charge in [-0.2, -0.15) is 0 Å². The lowest BCUT2D eigenvalue weighted by molar-refractivity contribution is 0.431. The number of aromatic hydroxyl groups is 1. The number of hydrogen-bond donors (Lipinski definition) is 3. The van der Waals surface area contributed by atoms with Gasteiger partial charge in [0, 0.05) is 20.1 Å². The van der Waals surface area contributed by atoms with Gasteiger partial charge in [-0.3, -0.25) is 4.99 Å². The zero-order chi connectivity index (χ0) is 15.9. The Morgan fingerprint density at radius 3 is 2.17 bits per heavy atom. The molecule has 0 radical (unpaired) electrons. The van der Waals surface area contributed by atoms with Crippen molar-refractivity contribution < 1.29 is 9.50 Å². The summed E-state index contributed by atoms with van der Waals surface area (Å²) in [6.07, 6.45) is 0. The van der Waals surface area contributed by atoms with Crippen LogP contribution in [0.15, 0.2) is 47.5 Å². The summed E-state index contributed by atoms with van der Waals surface area (Å²) in [4.78, 5) is 4.13. The van der Waals surface area contributed by atoms with Gasteiger partial charge < -0.3 is 15.7 Å². The quantitative estimate of drug-likeness (QED) is 0.397. The summed E-state index contributed by atoms with van der Waals surface area (Å²) in [5, 5.41) is 15.5. The Bertz CT molecular complexity index is 659. The fourth-order valence-corrected chi connectivity index (χ4v) is 1.96. The molecule has 124 valence electrons. The third-order valence-corrected chi connectivity index (χ3v) is 3.28. The first-order valence-corrected chi connectivity index (χ1v) is 7.06. The van der Waals surface area contributed by atoms with Gasteiger partial charge in [-0.15, -0.1) is 24.0 Å². The van der Waals surface area contributed by atoms with Gasteiger partial charge in [-0.25, -0.2) is 4.39 Å². The van der Waals surface area contributed by atoms with Gasteiger partial charge in [-0.05, 0) is 30.2 Å². The maximum absolute atomic E-state index is 13.3. The number of aliphatic imine (C=N–C) groups is 1. The van der Waals surface area contributed by atoms with Crippen LogP contribution < -0.4 is 10.6 Å². The van der Waals surface area contributed by atoms with Crippen LogP contribution in [0.4, 0.5) is 4.39 Å². The highest BCUT2D eigenvalue weighted by atomic mass is 127. The normalized spacial score (nSPS) is 10.8. The molecule has 2 aromatic rings. The number of hydrogen-bond acceptors (Lipinski definition) is 2. The van der Waals surface area contributed by atoms with Crippen molar-refractivity contribution in [1.29, 1.82) is 0 Å². The summed E-state index contributed by atoms with van der Waals surface area (Å²) in [5.74, 6) is -0.332. The molecule has 3 N–H and O–H groups in total. The SMILES string of the molecule is CN=C(NCc1ccc(C)cc1)NCc1ccc(O)c(F)c1.I. The van der Waals surface area contributed by atoms with Gasteiger partial charge in [0.1, 0.15) is 0 Å². The number of benzene rings is 2. The van der Waals surface area contributed by atoms with Crippen LogP contribution in [0.1, 0.15) is 16.7 Å². The molecule has 0 aliphatic carbocycles. The first-order chi connectivity index (χ1) is 10.6. The molecular weight excluding hydrogens is 408 g/mol. The van der Waals surface area contributed by atoms with Crippen LogP contribution in [-0.4, -0.2) is 18.1 Å². The standard InChI is InChI=1S/C17H20FN3O.HI/c1-12-3-5-13(6-4-12)10-20-17(19-2)21-11-14-7-8-16(22)15(18)9-14;/h3-9,22H,10-11H2,1-2H3,(H2,19,20,21);1H. The molecule has 0 atom stereocenters.